The summed E-state index contributed by atoms with van der Waals surface area (Å²) in [4.78, 5) is 23.6. The van der Waals surface area contributed by atoms with Crippen LogP contribution < -0.4 is 5.32 Å². The number of nitrogens with zero attached hydrogens (tertiary/aromatic N) is 2. The number of hydrogen-bond donors (Lipinski definition) is 2. The average molecular weight is 343 g/mol. The van der Waals surface area contributed by atoms with Gasteiger partial charge in [-0.1, -0.05) is 38.0 Å². The predicted molar refractivity (Wildman–Crippen MR) is 95.8 cm³/mol. The Morgan fingerprint density at radius 3 is 2.52 bits per heavy atom. The standard InChI is InChI=1S/C19H25N3O3/c1-4-5-11-17(19(24)25)20-18(23)12-16-13(2)21-22(14(16)3)15-9-7-6-8-10-15/h6-10,17H,4-5,11-12H2,1-3H3,(H,20,23)(H,24,25)/t17-/m0/s1. The molecule has 2 rings (SSSR count). The highest BCUT2D eigenvalue weighted by atomic mass is 16.4. The SMILES string of the molecule is CCCC[C@H](NC(=O)Cc1c(C)nn(-c2ccccc2)c1C)C(=O)O. The topological polar surface area (TPSA) is 84.2 Å². The molecule has 0 aliphatic heterocycles. The van der Waals surface area contributed by atoms with Crippen LogP contribution in [-0.2, 0) is 16.0 Å². The number of aliphatic carboxylic acids is 1. The zero-order chi connectivity index (χ0) is 18.4. The summed E-state index contributed by atoms with van der Waals surface area (Å²) in [7, 11) is 0. The fourth-order valence-electron chi connectivity index (χ4n) is 2.82. The normalized spacial score (nSPS) is 12.0. The second kappa shape index (κ2) is 8.46. The van der Waals surface area contributed by atoms with Gasteiger partial charge in [0.05, 0.1) is 17.8 Å². The van der Waals surface area contributed by atoms with E-state index >= 15 is 0 Å². The van der Waals surface area contributed by atoms with E-state index in [0.29, 0.717) is 6.42 Å². The maximum absolute atomic E-state index is 12.3. The van der Waals surface area contributed by atoms with Gasteiger partial charge < -0.3 is 10.4 Å². The number of para-hydroxylation sites is 1. The van der Waals surface area contributed by atoms with E-state index in [2.05, 4.69) is 10.4 Å². The molecule has 0 saturated heterocycles. The Hall–Kier alpha value is -2.63. The Bertz CT molecular complexity index is 738. The minimum absolute atomic E-state index is 0.125. The molecule has 134 valence electrons. The van der Waals surface area contributed by atoms with Crippen LogP contribution in [0.15, 0.2) is 30.3 Å². The molecule has 0 bridgehead atoms. The molecule has 1 atom stereocenters. The van der Waals surface area contributed by atoms with Gasteiger partial charge in [-0.3, -0.25) is 4.79 Å². The number of carboxylic acids is 1. The predicted octanol–water partition coefficient (Wildman–Crippen LogP) is 2.79. The summed E-state index contributed by atoms with van der Waals surface area (Å²) >= 11 is 0. The second-order valence-corrected chi connectivity index (χ2v) is 6.17. The van der Waals surface area contributed by atoms with Gasteiger partial charge in [0.15, 0.2) is 0 Å². The van der Waals surface area contributed by atoms with E-state index in [-0.39, 0.29) is 12.3 Å². The highest BCUT2D eigenvalue weighted by Crippen LogP contribution is 2.18. The summed E-state index contributed by atoms with van der Waals surface area (Å²) in [6.07, 6.45) is 2.22. The number of carboxylic acid groups (broad SMARTS) is 1. The van der Waals surface area contributed by atoms with Crippen molar-refractivity contribution < 1.29 is 14.7 Å². The number of rotatable bonds is 8. The smallest absolute Gasteiger partial charge is 0.326 e. The molecule has 0 spiro atoms. The van der Waals surface area contributed by atoms with E-state index in [9.17, 15) is 14.7 Å². The highest BCUT2D eigenvalue weighted by molar-refractivity contribution is 5.85. The molecule has 25 heavy (non-hydrogen) atoms. The van der Waals surface area contributed by atoms with E-state index in [1.54, 1.807) is 0 Å². The monoisotopic (exact) mass is 343 g/mol. The van der Waals surface area contributed by atoms with E-state index in [0.717, 1.165) is 35.5 Å². The minimum atomic E-state index is -0.991. The van der Waals surface area contributed by atoms with Crippen molar-refractivity contribution in [3.63, 3.8) is 0 Å². The van der Waals surface area contributed by atoms with Gasteiger partial charge in [0.2, 0.25) is 5.91 Å². The van der Waals surface area contributed by atoms with Crippen molar-refractivity contribution in [2.45, 2.75) is 52.5 Å². The van der Waals surface area contributed by atoms with E-state index in [1.165, 1.54) is 0 Å². The minimum Gasteiger partial charge on any atom is -0.480 e. The molecule has 0 saturated carbocycles. The van der Waals surface area contributed by atoms with Gasteiger partial charge in [0, 0.05) is 11.3 Å². The Morgan fingerprint density at radius 1 is 1.24 bits per heavy atom. The van der Waals surface area contributed by atoms with Crippen LogP contribution in [-0.4, -0.2) is 32.8 Å². The van der Waals surface area contributed by atoms with Crippen LogP contribution in [0.5, 0.6) is 0 Å². The Morgan fingerprint density at radius 2 is 1.92 bits per heavy atom. The molecule has 0 fully saturated rings. The maximum Gasteiger partial charge on any atom is 0.326 e. The molecular weight excluding hydrogens is 318 g/mol. The largest absolute Gasteiger partial charge is 0.480 e. The molecular formula is C19H25N3O3. The molecule has 1 aromatic carbocycles. The first-order chi connectivity index (χ1) is 11.9. The van der Waals surface area contributed by atoms with Gasteiger partial charge in [0.25, 0.3) is 0 Å². The van der Waals surface area contributed by atoms with Gasteiger partial charge >= 0.3 is 5.97 Å². The van der Waals surface area contributed by atoms with Crippen molar-refractivity contribution in [3.05, 3.63) is 47.3 Å². The Balaban J connectivity index is 2.13. The number of hydrogen-bond acceptors (Lipinski definition) is 3. The van der Waals surface area contributed by atoms with Crippen molar-refractivity contribution >= 4 is 11.9 Å². The van der Waals surface area contributed by atoms with E-state index in [1.807, 2.05) is 55.8 Å². The summed E-state index contributed by atoms with van der Waals surface area (Å²) in [6.45, 7) is 5.77. The summed E-state index contributed by atoms with van der Waals surface area (Å²) in [6, 6.07) is 8.87. The van der Waals surface area contributed by atoms with Crippen LogP contribution in [0.3, 0.4) is 0 Å². The summed E-state index contributed by atoms with van der Waals surface area (Å²) < 4.78 is 1.81. The van der Waals surface area contributed by atoms with Crippen molar-refractivity contribution in [1.82, 2.24) is 15.1 Å². The lowest BCUT2D eigenvalue weighted by Gasteiger charge is -2.14. The molecule has 0 radical (unpaired) electrons. The zero-order valence-electron chi connectivity index (χ0n) is 15.0. The van der Waals surface area contributed by atoms with Crippen LogP contribution in [0, 0.1) is 13.8 Å². The average Bonchev–Trinajstić information content (AvgIpc) is 2.87. The zero-order valence-corrected chi connectivity index (χ0v) is 15.0. The lowest BCUT2D eigenvalue weighted by Crippen LogP contribution is -2.41. The Kier molecular flexibility index (Phi) is 6.33. The second-order valence-electron chi connectivity index (χ2n) is 6.17. The molecule has 1 heterocycles. The first kappa shape index (κ1) is 18.7. The molecule has 1 amide bonds. The molecule has 0 unspecified atom stereocenters. The third-order valence-electron chi connectivity index (χ3n) is 4.26. The number of benzene rings is 1. The number of carbonyl (C=O) groups excluding carboxylic acids is 1. The van der Waals surface area contributed by atoms with E-state index in [4.69, 9.17) is 0 Å². The van der Waals surface area contributed by atoms with Gasteiger partial charge in [-0.25, -0.2) is 9.48 Å². The van der Waals surface area contributed by atoms with Crippen LogP contribution >= 0.6 is 0 Å². The lowest BCUT2D eigenvalue weighted by atomic mass is 10.1. The lowest BCUT2D eigenvalue weighted by molar-refractivity contribution is -0.142. The first-order valence-corrected chi connectivity index (χ1v) is 8.56. The van der Waals surface area contributed by atoms with Gasteiger partial charge in [-0.2, -0.15) is 5.10 Å². The van der Waals surface area contributed by atoms with Crippen LogP contribution in [0.25, 0.3) is 5.69 Å². The molecule has 1 aromatic heterocycles. The first-order valence-electron chi connectivity index (χ1n) is 8.56. The third kappa shape index (κ3) is 4.68. The fraction of sp³-hybridized carbons (Fsp3) is 0.421. The number of aryl methyl sites for hydroxylation is 1. The van der Waals surface area contributed by atoms with Crippen molar-refractivity contribution in [2.24, 2.45) is 0 Å². The molecule has 2 N–H and O–H groups in total. The van der Waals surface area contributed by atoms with Crippen molar-refractivity contribution in [2.75, 3.05) is 0 Å². The summed E-state index contributed by atoms with van der Waals surface area (Å²) in [5.41, 5.74) is 3.43. The van der Waals surface area contributed by atoms with Gasteiger partial charge in [-0.15, -0.1) is 0 Å². The molecule has 6 heteroatoms. The van der Waals surface area contributed by atoms with Crippen LogP contribution in [0.2, 0.25) is 0 Å². The number of unbranched alkanes of at least 4 members (excludes halogenated alkanes) is 1. The Labute approximate surface area is 147 Å². The third-order valence-corrected chi connectivity index (χ3v) is 4.26. The van der Waals surface area contributed by atoms with Gasteiger partial charge in [0.1, 0.15) is 6.04 Å². The number of carbonyl (C=O) groups is 2. The molecule has 6 nitrogen and oxygen atoms in total. The van der Waals surface area contributed by atoms with Crippen LogP contribution in [0.4, 0.5) is 0 Å². The fourth-order valence-corrected chi connectivity index (χ4v) is 2.82. The van der Waals surface area contributed by atoms with Crippen molar-refractivity contribution in [1.29, 1.82) is 0 Å². The summed E-state index contributed by atoms with van der Waals surface area (Å²) in [5, 5.41) is 16.4. The quantitative estimate of drug-likeness (QED) is 0.772. The number of amides is 1. The highest BCUT2D eigenvalue weighted by Gasteiger charge is 2.21. The molecule has 0 aliphatic rings. The van der Waals surface area contributed by atoms with E-state index < -0.39 is 12.0 Å². The molecule has 2 aromatic rings. The van der Waals surface area contributed by atoms with Gasteiger partial charge in [-0.05, 0) is 32.4 Å². The maximum atomic E-state index is 12.3. The summed E-state index contributed by atoms with van der Waals surface area (Å²) in [5.74, 6) is -1.28. The van der Waals surface area contributed by atoms with Crippen molar-refractivity contribution in [3.8, 4) is 5.69 Å². The number of nitrogens with one attached hydrogen (secondary N) is 1. The molecule has 0 aliphatic carbocycles. The van der Waals surface area contributed by atoms with Crippen LogP contribution in [0.1, 0.15) is 43.1 Å². The number of aromatic nitrogens is 2.